The number of amides is 2. The second kappa shape index (κ2) is 18.9. The lowest BCUT2D eigenvalue weighted by Crippen LogP contribution is -2.46. The van der Waals surface area contributed by atoms with E-state index in [-0.39, 0.29) is 53.8 Å². The summed E-state index contributed by atoms with van der Waals surface area (Å²) >= 11 is 0.937. The number of thioether (sulfide) groups is 1. The van der Waals surface area contributed by atoms with E-state index in [1.54, 1.807) is 0 Å². The number of phosphoric acid groups is 3. The van der Waals surface area contributed by atoms with E-state index in [0.717, 1.165) is 29.0 Å². The number of fused-ring (bicyclic) bond motifs is 1. The molecule has 312 valence electrons. The van der Waals surface area contributed by atoms with Gasteiger partial charge in [0, 0.05) is 37.1 Å². The molecule has 7 atom stereocenters. The van der Waals surface area contributed by atoms with Crippen LogP contribution in [0, 0.1) is 5.41 Å². The number of ether oxygens (including phenoxy) is 1. The number of carbonyl (C=O) groups is 3. The van der Waals surface area contributed by atoms with Gasteiger partial charge in [0.1, 0.15) is 36.3 Å². The molecule has 2 aromatic rings. The van der Waals surface area contributed by atoms with Crippen LogP contribution in [-0.2, 0) is 50.7 Å². The van der Waals surface area contributed by atoms with E-state index in [9.17, 15) is 63.0 Å². The van der Waals surface area contributed by atoms with Crippen LogP contribution in [0.2, 0.25) is 0 Å². The summed E-state index contributed by atoms with van der Waals surface area (Å²) in [6, 6.07) is 0. The number of nitrogens with zero attached hydrogens (tertiary/aromatic N) is 4. The Labute approximate surface area is 317 Å². The van der Waals surface area contributed by atoms with Gasteiger partial charge in [-0.25, -0.2) is 28.6 Å². The lowest BCUT2D eigenvalue weighted by molar-refractivity contribution is -0.137. The normalized spacial score (nSPS) is 22.2. The average Bonchev–Trinajstić information content (AvgIpc) is 3.60. The number of aromatic nitrogens is 4. The molecule has 11 N–H and O–H groups in total. The van der Waals surface area contributed by atoms with Crippen LogP contribution in [0.5, 0.6) is 0 Å². The van der Waals surface area contributed by atoms with E-state index in [4.69, 9.17) is 19.5 Å². The number of aliphatic hydroxyl groups is 3. The number of nitrogen functional groups attached to an aromatic ring is 1. The zero-order valence-electron chi connectivity index (χ0n) is 29.7. The van der Waals surface area contributed by atoms with Gasteiger partial charge in [-0.2, -0.15) is 4.31 Å². The Morgan fingerprint density at radius 1 is 1.04 bits per heavy atom. The van der Waals surface area contributed by atoms with Crippen LogP contribution in [0.3, 0.4) is 0 Å². The first-order valence-corrected chi connectivity index (χ1v) is 21.5. The molecular formula is C26H44N7O18P3S. The molecular weight excluding hydrogens is 823 g/mol. The first kappa shape index (κ1) is 46.9. The van der Waals surface area contributed by atoms with Crippen LogP contribution in [0.15, 0.2) is 12.7 Å². The SMILES string of the molecule is CC(C)(O)CC(=O)SCCNC(=O)CCNC(=O)C(O)C(C)(C)COP(=O)(O)OP(=O)(O)OC[C@H]1O[C@@H](n2cnc3c(N)ncnc32)[C@H](O)[C@@H]1OP(=O)(O)O. The molecule has 3 rings (SSSR count). The summed E-state index contributed by atoms with van der Waals surface area (Å²) in [5.41, 5.74) is 3.08. The molecule has 29 heteroatoms. The van der Waals surface area contributed by atoms with Gasteiger partial charge in [0.15, 0.2) is 22.8 Å². The predicted molar refractivity (Wildman–Crippen MR) is 188 cm³/mol. The number of nitrogens with two attached hydrogens (primary N) is 1. The highest BCUT2D eigenvalue weighted by Crippen LogP contribution is 2.61. The number of carbonyl (C=O) groups excluding carboxylic acids is 3. The molecule has 55 heavy (non-hydrogen) atoms. The van der Waals surface area contributed by atoms with Gasteiger partial charge in [-0.1, -0.05) is 25.6 Å². The van der Waals surface area contributed by atoms with Crippen molar-refractivity contribution in [2.75, 3.05) is 37.8 Å². The summed E-state index contributed by atoms with van der Waals surface area (Å²) in [6.45, 7) is 3.33. The fourth-order valence-electron chi connectivity index (χ4n) is 4.70. The van der Waals surface area contributed by atoms with Crippen LogP contribution in [0.25, 0.3) is 11.2 Å². The van der Waals surface area contributed by atoms with Crippen molar-refractivity contribution >= 4 is 69.1 Å². The third-order valence-electron chi connectivity index (χ3n) is 7.34. The number of hydrogen-bond acceptors (Lipinski definition) is 19. The predicted octanol–water partition coefficient (Wildman–Crippen LogP) is -1.17. The first-order chi connectivity index (χ1) is 25.2. The highest BCUT2D eigenvalue weighted by atomic mass is 32.2. The van der Waals surface area contributed by atoms with Gasteiger partial charge < -0.3 is 56.0 Å². The second-order valence-electron chi connectivity index (χ2n) is 13.3. The van der Waals surface area contributed by atoms with Gasteiger partial charge in [0.25, 0.3) is 0 Å². The molecule has 2 amide bonds. The molecule has 25 nitrogen and oxygen atoms in total. The number of aliphatic hydroxyl groups excluding tert-OH is 2. The maximum atomic E-state index is 12.7. The van der Waals surface area contributed by atoms with Gasteiger partial charge in [-0.05, 0) is 13.8 Å². The summed E-state index contributed by atoms with van der Waals surface area (Å²) in [5.74, 6) is -1.27. The average molecular weight is 868 g/mol. The molecule has 1 aliphatic rings. The third kappa shape index (κ3) is 14.8. The maximum Gasteiger partial charge on any atom is 0.481 e. The summed E-state index contributed by atoms with van der Waals surface area (Å²) < 4.78 is 62.0. The third-order valence-corrected chi connectivity index (χ3v) is 11.3. The van der Waals surface area contributed by atoms with Crippen LogP contribution >= 0.6 is 35.2 Å². The van der Waals surface area contributed by atoms with Crippen LogP contribution in [0.1, 0.15) is 46.8 Å². The Morgan fingerprint density at radius 3 is 2.33 bits per heavy atom. The Kier molecular flexibility index (Phi) is 16.1. The highest BCUT2D eigenvalue weighted by molar-refractivity contribution is 8.13. The van der Waals surface area contributed by atoms with E-state index in [1.807, 2.05) is 0 Å². The number of rotatable bonds is 21. The second-order valence-corrected chi connectivity index (χ2v) is 18.7. The molecule has 3 heterocycles. The zero-order valence-corrected chi connectivity index (χ0v) is 33.2. The fraction of sp³-hybridized carbons (Fsp3) is 0.692. The molecule has 2 aromatic heterocycles. The lowest BCUT2D eigenvalue weighted by atomic mass is 9.87. The summed E-state index contributed by atoms with van der Waals surface area (Å²) in [7, 11) is -16.4. The molecule has 3 unspecified atom stereocenters. The largest absolute Gasteiger partial charge is 0.481 e. The van der Waals surface area contributed by atoms with E-state index < -0.39 is 90.2 Å². The lowest BCUT2D eigenvalue weighted by Gasteiger charge is -2.30. The van der Waals surface area contributed by atoms with Crippen molar-refractivity contribution in [1.82, 2.24) is 30.2 Å². The Balaban J connectivity index is 1.50. The molecule has 1 saturated heterocycles. The maximum absolute atomic E-state index is 12.7. The van der Waals surface area contributed by atoms with Crippen LogP contribution in [-0.4, -0.2) is 133 Å². The van der Waals surface area contributed by atoms with E-state index in [2.05, 4.69) is 34.4 Å². The summed E-state index contributed by atoms with van der Waals surface area (Å²) in [6.07, 6.45) is -7.06. The van der Waals surface area contributed by atoms with Crippen molar-refractivity contribution < 1.29 is 85.6 Å². The van der Waals surface area contributed by atoms with Crippen molar-refractivity contribution in [3.8, 4) is 0 Å². The van der Waals surface area contributed by atoms with Crippen LogP contribution in [0.4, 0.5) is 5.82 Å². The van der Waals surface area contributed by atoms with Crippen molar-refractivity contribution in [2.45, 2.75) is 76.8 Å². The van der Waals surface area contributed by atoms with Gasteiger partial charge in [-0.15, -0.1) is 0 Å². The van der Waals surface area contributed by atoms with Gasteiger partial charge in [-0.3, -0.25) is 32.5 Å². The molecule has 1 fully saturated rings. The molecule has 0 radical (unpaired) electrons. The quantitative estimate of drug-likeness (QED) is 0.0522. The number of phosphoric ester groups is 3. The molecule has 0 bridgehead atoms. The fourth-order valence-corrected chi connectivity index (χ4v) is 8.42. The van der Waals surface area contributed by atoms with E-state index in [1.165, 1.54) is 27.7 Å². The van der Waals surface area contributed by atoms with Crippen molar-refractivity contribution in [2.24, 2.45) is 5.41 Å². The molecule has 1 aliphatic heterocycles. The van der Waals surface area contributed by atoms with Gasteiger partial charge in [0.05, 0.1) is 25.1 Å². The Bertz CT molecular complexity index is 1820. The number of nitrogens with one attached hydrogen (secondary N) is 2. The van der Waals surface area contributed by atoms with E-state index in [0.29, 0.717) is 0 Å². The van der Waals surface area contributed by atoms with E-state index >= 15 is 0 Å². The van der Waals surface area contributed by atoms with Crippen molar-refractivity contribution in [3.63, 3.8) is 0 Å². The highest BCUT2D eigenvalue weighted by Gasteiger charge is 2.50. The number of imidazole rings is 1. The summed E-state index contributed by atoms with van der Waals surface area (Å²) in [5, 5.41) is 35.7. The monoisotopic (exact) mass is 867 g/mol. The van der Waals surface area contributed by atoms with Gasteiger partial charge >= 0.3 is 23.5 Å². The van der Waals surface area contributed by atoms with Gasteiger partial charge in [0.2, 0.25) is 11.8 Å². The number of anilines is 1. The summed E-state index contributed by atoms with van der Waals surface area (Å²) in [4.78, 5) is 87.2. The topological polar surface area (TPSA) is 384 Å². The standard InChI is InChI=1S/C26H44N7O18P3S/c1-25(2,20(37)23(38)29-6-5-15(34)28-7-8-55-16(35)9-26(3,4)39)11-48-54(45,46)51-53(43,44)47-10-14-19(50-52(40,41)42)18(36)24(49-14)33-13-32-17-21(27)30-12-31-22(17)33/h12-14,18-20,24,36-37,39H,5-11H2,1-4H3,(H,28,34)(H,29,38)(H,43,44)(H,45,46)(H2,27,30,31)(H2,40,41,42)/t14-,18-,19-,20?,24-/m1/s1. The molecule has 0 aliphatic carbocycles. The molecule has 0 spiro atoms. The molecule has 0 saturated carbocycles. The zero-order chi connectivity index (χ0) is 41.6. The number of hydrogen-bond donors (Lipinski definition) is 10. The first-order valence-electron chi connectivity index (χ1n) is 16.0. The minimum Gasteiger partial charge on any atom is -0.390 e. The van der Waals surface area contributed by atoms with Crippen LogP contribution < -0.4 is 16.4 Å². The minimum absolute atomic E-state index is 0.0255. The molecule has 0 aromatic carbocycles. The Morgan fingerprint density at radius 2 is 1.69 bits per heavy atom. The smallest absolute Gasteiger partial charge is 0.390 e. The Hall–Kier alpha value is -2.48. The van der Waals surface area contributed by atoms with Crippen molar-refractivity contribution in [3.05, 3.63) is 12.7 Å². The minimum atomic E-state index is -5.58. The van der Waals surface area contributed by atoms with Crippen molar-refractivity contribution in [1.29, 1.82) is 0 Å².